The standard InChI is InChI=1S/C24H41N3O4/c1-27(2,3)20-22(19-23(28)29)26-24(30)25-16-10-4-5-11-17-31-18-12-9-15-21-13-7-6-8-14-21/h6-8,13-14,22H,4-5,9-12,15-20H2,1-3H3,(H2-,25,26,28,29,30)/p+1. The lowest BCUT2D eigenvalue weighted by atomic mass is 10.1. The molecule has 31 heavy (non-hydrogen) atoms. The number of carbonyl (C=O) groups excluding carboxylic acids is 1. The van der Waals surface area contributed by atoms with Gasteiger partial charge in [0.2, 0.25) is 0 Å². The van der Waals surface area contributed by atoms with E-state index in [1.54, 1.807) is 0 Å². The van der Waals surface area contributed by atoms with Crippen molar-refractivity contribution in [2.24, 2.45) is 0 Å². The number of amides is 2. The molecule has 0 radical (unpaired) electrons. The molecule has 0 heterocycles. The van der Waals surface area contributed by atoms with Gasteiger partial charge in [-0.2, -0.15) is 0 Å². The maximum atomic E-state index is 12.0. The lowest BCUT2D eigenvalue weighted by Crippen LogP contribution is -2.52. The Morgan fingerprint density at radius 3 is 2.26 bits per heavy atom. The van der Waals surface area contributed by atoms with E-state index in [0.717, 1.165) is 58.2 Å². The third-order valence-corrected chi connectivity index (χ3v) is 4.87. The van der Waals surface area contributed by atoms with Gasteiger partial charge in [-0.15, -0.1) is 0 Å². The average Bonchev–Trinajstić information content (AvgIpc) is 2.67. The lowest BCUT2D eigenvalue weighted by Gasteiger charge is -2.29. The molecule has 1 aromatic rings. The molecule has 2 amide bonds. The van der Waals surface area contributed by atoms with Crippen LogP contribution in [0.5, 0.6) is 0 Å². The monoisotopic (exact) mass is 436 g/mol. The van der Waals surface area contributed by atoms with Crippen LogP contribution in [0.25, 0.3) is 0 Å². The number of nitrogens with one attached hydrogen (secondary N) is 2. The van der Waals surface area contributed by atoms with Gasteiger partial charge in [0.15, 0.2) is 0 Å². The molecule has 3 N–H and O–H groups in total. The SMILES string of the molecule is C[N+](C)(C)CC(CC(=O)O)NC(=O)NCCCCCCOCCCCc1ccccc1. The number of rotatable bonds is 17. The summed E-state index contributed by atoms with van der Waals surface area (Å²) in [5.41, 5.74) is 1.38. The zero-order chi connectivity index (χ0) is 23.0. The third-order valence-electron chi connectivity index (χ3n) is 4.87. The number of nitrogens with zero attached hydrogens (tertiary/aromatic N) is 1. The first kappa shape index (κ1) is 26.9. The molecule has 176 valence electrons. The van der Waals surface area contributed by atoms with Crippen molar-refractivity contribution in [2.45, 2.75) is 57.4 Å². The summed E-state index contributed by atoms with van der Waals surface area (Å²) < 4.78 is 6.29. The maximum absolute atomic E-state index is 12.0. The zero-order valence-corrected chi connectivity index (χ0v) is 19.6. The Kier molecular flexibility index (Phi) is 13.6. The average molecular weight is 437 g/mol. The van der Waals surface area contributed by atoms with Crippen molar-refractivity contribution < 1.29 is 23.9 Å². The summed E-state index contributed by atoms with van der Waals surface area (Å²) in [4.78, 5) is 23.0. The molecule has 0 saturated carbocycles. The molecule has 0 aliphatic rings. The fourth-order valence-corrected chi connectivity index (χ4v) is 3.43. The van der Waals surface area contributed by atoms with Gasteiger partial charge >= 0.3 is 12.0 Å². The van der Waals surface area contributed by atoms with Gasteiger partial charge in [-0.05, 0) is 37.7 Å². The molecule has 7 nitrogen and oxygen atoms in total. The Labute approximate surface area is 187 Å². The van der Waals surface area contributed by atoms with Crippen LogP contribution in [0.2, 0.25) is 0 Å². The Morgan fingerprint density at radius 1 is 0.968 bits per heavy atom. The summed E-state index contributed by atoms with van der Waals surface area (Å²) in [6, 6.07) is 9.86. The van der Waals surface area contributed by atoms with Crippen LogP contribution < -0.4 is 10.6 Å². The Balaban J connectivity index is 1.96. The first-order valence-electron chi connectivity index (χ1n) is 11.4. The van der Waals surface area contributed by atoms with E-state index in [9.17, 15) is 9.59 Å². The highest BCUT2D eigenvalue weighted by molar-refractivity contribution is 5.75. The van der Waals surface area contributed by atoms with Crippen LogP contribution in [0.15, 0.2) is 30.3 Å². The fraction of sp³-hybridized carbons (Fsp3) is 0.667. The Bertz CT molecular complexity index is 617. The van der Waals surface area contributed by atoms with Gasteiger partial charge in [0, 0.05) is 19.8 Å². The van der Waals surface area contributed by atoms with Gasteiger partial charge in [-0.25, -0.2) is 4.79 Å². The van der Waals surface area contributed by atoms with Crippen LogP contribution in [-0.4, -0.2) is 75.1 Å². The van der Waals surface area contributed by atoms with Crippen LogP contribution in [0.4, 0.5) is 4.79 Å². The third kappa shape index (κ3) is 16.3. The number of urea groups is 1. The zero-order valence-electron chi connectivity index (χ0n) is 19.6. The first-order chi connectivity index (χ1) is 14.8. The molecule has 0 aromatic heterocycles. The molecule has 0 bridgehead atoms. The van der Waals surface area contributed by atoms with Gasteiger partial charge in [0.25, 0.3) is 0 Å². The second-order valence-electron chi connectivity index (χ2n) is 9.14. The van der Waals surface area contributed by atoms with Gasteiger partial charge in [-0.3, -0.25) is 4.79 Å². The number of unbranched alkanes of at least 4 members (excludes halogenated alkanes) is 4. The minimum Gasteiger partial charge on any atom is -0.481 e. The summed E-state index contributed by atoms with van der Waals surface area (Å²) in [5, 5.41) is 14.6. The van der Waals surface area contributed by atoms with E-state index < -0.39 is 5.97 Å². The van der Waals surface area contributed by atoms with Crippen LogP contribution >= 0.6 is 0 Å². The van der Waals surface area contributed by atoms with Gasteiger partial charge in [0.05, 0.1) is 40.2 Å². The largest absolute Gasteiger partial charge is 0.481 e. The summed E-state index contributed by atoms with van der Waals surface area (Å²) in [7, 11) is 5.93. The van der Waals surface area contributed by atoms with E-state index in [0.29, 0.717) is 17.6 Å². The number of carboxylic acid groups (broad SMARTS) is 1. The van der Waals surface area contributed by atoms with Crippen molar-refractivity contribution in [1.82, 2.24) is 10.6 Å². The number of hydrogen-bond acceptors (Lipinski definition) is 3. The molecule has 0 aliphatic heterocycles. The second-order valence-corrected chi connectivity index (χ2v) is 9.14. The molecule has 0 spiro atoms. The highest BCUT2D eigenvalue weighted by Gasteiger charge is 2.22. The van der Waals surface area contributed by atoms with E-state index >= 15 is 0 Å². The molecule has 0 saturated heterocycles. The number of aliphatic carboxylic acids is 1. The quantitative estimate of drug-likeness (QED) is 0.258. The van der Waals surface area contributed by atoms with E-state index in [4.69, 9.17) is 9.84 Å². The molecule has 1 rings (SSSR count). The van der Waals surface area contributed by atoms with Crippen LogP contribution in [0.3, 0.4) is 0 Å². The normalized spacial score (nSPS) is 12.4. The number of carbonyl (C=O) groups is 2. The minimum absolute atomic E-state index is 0.0742. The summed E-state index contributed by atoms with van der Waals surface area (Å²) >= 11 is 0. The van der Waals surface area contributed by atoms with Gasteiger partial charge < -0.3 is 25.0 Å². The Morgan fingerprint density at radius 2 is 1.61 bits per heavy atom. The summed E-state index contributed by atoms with van der Waals surface area (Å²) in [6.07, 6.45) is 7.33. The maximum Gasteiger partial charge on any atom is 0.315 e. The van der Waals surface area contributed by atoms with E-state index in [2.05, 4.69) is 34.9 Å². The molecule has 1 atom stereocenters. The highest BCUT2D eigenvalue weighted by Crippen LogP contribution is 2.05. The van der Waals surface area contributed by atoms with Crippen molar-refractivity contribution in [3.05, 3.63) is 35.9 Å². The molecular formula is C24H42N3O4+. The van der Waals surface area contributed by atoms with Crippen molar-refractivity contribution in [3.63, 3.8) is 0 Å². The molecule has 1 unspecified atom stereocenters. The number of aryl methyl sites for hydroxylation is 1. The van der Waals surface area contributed by atoms with E-state index in [-0.39, 0.29) is 18.5 Å². The number of hydrogen-bond donors (Lipinski definition) is 3. The van der Waals surface area contributed by atoms with Gasteiger partial charge in [0.1, 0.15) is 0 Å². The van der Waals surface area contributed by atoms with Crippen molar-refractivity contribution in [3.8, 4) is 0 Å². The second kappa shape index (κ2) is 15.6. The summed E-state index contributed by atoms with van der Waals surface area (Å²) in [6.45, 7) is 2.77. The topological polar surface area (TPSA) is 87.7 Å². The fourth-order valence-electron chi connectivity index (χ4n) is 3.43. The number of ether oxygens (including phenoxy) is 1. The molecule has 0 fully saturated rings. The Hall–Kier alpha value is -2.12. The molecular weight excluding hydrogens is 394 g/mol. The highest BCUT2D eigenvalue weighted by atomic mass is 16.5. The van der Waals surface area contributed by atoms with Crippen LogP contribution in [0, 0.1) is 0 Å². The first-order valence-corrected chi connectivity index (χ1v) is 11.4. The number of likely N-dealkylation sites (N-methyl/N-ethyl adjacent to an activating group) is 1. The lowest BCUT2D eigenvalue weighted by molar-refractivity contribution is -0.871. The molecule has 7 heteroatoms. The van der Waals surface area contributed by atoms with E-state index in [1.807, 2.05) is 27.2 Å². The van der Waals surface area contributed by atoms with E-state index in [1.165, 1.54) is 5.56 Å². The smallest absolute Gasteiger partial charge is 0.315 e. The van der Waals surface area contributed by atoms with Crippen LogP contribution in [0.1, 0.15) is 50.5 Å². The number of benzene rings is 1. The number of carboxylic acids is 1. The predicted octanol–water partition coefficient (Wildman–Crippen LogP) is 3.44. The van der Waals surface area contributed by atoms with Crippen molar-refractivity contribution in [1.29, 1.82) is 0 Å². The van der Waals surface area contributed by atoms with Crippen molar-refractivity contribution >= 4 is 12.0 Å². The minimum atomic E-state index is -0.905. The number of quaternary nitrogens is 1. The molecule has 1 aromatic carbocycles. The summed E-state index contributed by atoms with van der Waals surface area (Å²) in [5.74, 6) is -0.905. The molecule has 0 aliphatic carbocycles. The van der Waals surface area contributed by atoms with Gasteiger partial charge in [-0.1, -0.05) is 43.2 Å². The predicted molar refractivity (Wildman–Crippen MR) is 124 cm³/mol. The van der Waals surface area contributed by atoms with Crippen molar-refractivity contribution in [2.75, 3.05) is 47.4 Å². The van der Waals surface area contributed by atoms with Crippen LogP contribution in [-0.2, 0) is 16.0 Å².